The molecule has 0 atom stereocenters. The molecule has 2 rings (SSSR count). The van der Waals surface area contributed by atoms with Gasteiger partial charge >= 0.3 is 29.6 Å². The summed E-state index contributed by atoms with van der Waals surface area (Å²) >= 11 is 0. The number of carboxylic acids is 1. The van der Waals surface area contributed by atoms with Crippen molar-refractivity contribution in [3.63, 3.8) is 0 Å². The SMILES string of the molecule is O=C([O-])CCN1CCCNc2c1c(=O)c2=O.[Na+]. The van der Waals surface area contributed by atoms with Crippen molar-refractivity contribution < 1.29 is 39.5 Å². The van der Waals surface area contributed by atoms with Crippen LogP contribution in [0.2, 0.25) is 0 Å². The van der Waals surface area contributed by atoms with Crippen molar-refractivity contribution in [1.82, 2.24) is 0 Å². The molecule has 0 saturated carbocycles. The van der Waals surface area contributed by atoms with E-state index >= 15 is 0 Å². The first-order valence-electron chi connectivity index (χ1n) is 5.13. The Morgan fingerprint density at radius 3 is 2.71 bits per heavy atom. The molecule has 0 unspecified atom stereocenters. The number of aliphatic carboxylic acids is 1. The molecule has 0 saturated heterocycles. The summed E-state index contributed by atoms with van der Waals surface area (Å²) in [6.07, 6.45) is 0.624. The average molecular weight is 246 g/mol. The van der Waals surface area contributed by atoms with E-state index < -0.39 is 16.8 Å². The Kier molecular flexibility index (Phi) is 4.73. The van der Waals surface area contributed by atoms with Crippen LogP contribution < -0.4 is 55.7 Å². The van der Waals surface area contributed by atoms with Crippen LogP contribution in [-0.4, -0.2) is 25.6 Å². The molecule has 7 heteroatoms. The Morgan fingerprint density at radius 1 is 1.35 bits per heavy atom. The Labute approximate surface area is 120 Å². The first kappa shape index (κ1) is 14.2. The van der Waals surface area contributed by atoms with E-state index in [0.717, 1.165) is 6.42 Å². The van der Waals surface area contributed by atoms with Gasteiger partial charge in [0.2, 0.25) is 0 Å². The number of carboxylic acid groups (broad SMARTS) is 1. The summed E-state index contributed by atoms with van der Waals surface area (Å²) < 4.78 is 0. The van der Waals surface area contributed by atoms with Gasteiger partial charge in [-0.05, 0) is 6.42 Å². The minimum absolute atomic E-state index is 0. The zero-order valence-electron chi connectivity index (χ0n) is 9.62. The van der Waals surface area contributed by atoms with Crippen LogP contribution in [0.4, 0.5) is 11.4 Å². The van der Waals surface area contributed by atoms with Crippen LogP contribution >= 0.6 is 0 Å². The van der Waals surface area contributed by atoms with Gasteiger partial charge in [0, 0.05) is 32.0 Å². The number of nitrogens with one attached hydrogen (secondary N) is 1. The smallest absolute Gasteiger partial charge is 0.550 e. The van der Waals surface area contributed by atoms with Crippen molar-refractivity contribution in [1.29, 1.82) is 0 Å². The summed E-state index contributed by atoms with van der Waals surface area (Å²) in [5.41, 5.74) is -0.359. The normalized spacial score (nSPS) is 14.5. The number of nitrogens with zero attached hydrogens (tertiary/aromatic N) is 1. The molecule has 0 aliphatic carbocycles. The maximum absolute atomic E-state index is 11.4. The molecule has 0 aromatic heterocycles. The summed E-state index contributed by atoms with van der Waals surface area (Å²) in [5.74, 6) is -1.16. The fraction of sp³-hybridized carbons (Fsp3) is 0.500. The Balaban J connectivity index is 0.00000144. The van der Waals surface area contributed by atoms with Crippen molar-refractivity contribution in [2.75, 3.05) is 29.9 Å². The Morgan fingerprint density at radius 2 is 2.06 bits per heavy atom. The van der Waals surface area contributed by atoms with Crippen LogP contribution in [0.3, 0.4) is 0 Å². The van der Waals surface area contributed by atoms with Crippen LogP contribution in [0.25, 0.3) is 0 Å². The molecule has 1 heterocycles. The van der Waals surface area contributed by atoms with E-state index in [9.17, 15) is 19.5 Å². The third kappa shape index (κ3) is 2.70. The predicted octanol–water partition coefficient (Wildman–Crippen LogP) is -4.95. The van der Waals surface area contributed by atoms with E-state index in [1.165, 1.54) is 0 Å². The number of hydrogen-bond donors (Lipinski definition) is 1. The first-order valence-corrected chi connectivity index (χ1v) is 5.13. The van der Waals surface area contributed by atoms with Gasteiger partial charge in [-0.15, -0.1) is 0 Å². The molecule has 1 aromatic carbocycles. The zero-order chi connectivity index (χ0) is 11.7. The van der Waals surface area contributed by atoms with E-state index in [1.807, 2.05) is 0 Å². The fourth-order valence-electron chi connectivity index (χ4n) is 1.89. The molecule has 0 bridgehead atoms. The van der Waals surface area contributed by atoms with Crippen molar-refractivity contribution in [2.45, 2.75) is 12.8 Å². The Bertz CT molecular complexity index is 493. The number of carbonyl (C=O) groups is 1. The summed E-state index contributed by atoms with van der Waals surface area (Å²) in [6, 6.07) is 0. The second-order valence-corrected chi connectivity index (χ2v) is 3.77. The van der Waals surface area contributed by atoms with Crippen LogP contribution in [0.15, 0.2) is 9.59 Å². The number of rotatable bonds is 3. The van der Waals surface area contributed by atoms with Crippen LogP contribution in [0, 0.1) is 0 Å². The number of carbonyl (C=O) groups excluding carboxylic acids is 1. The van der Waals surface area contributed by atoms with Gasteiger partial charge < -0.3 is 20.1 Å². The first-order chi connectivity index (χ1) is 7.61. The minimum Gasteiger partial charge on any atom is -0.550 e. The van der Waals surface area contributed by atoms with Crippen LogP contribution in [-0.2, 0) is 4.79 Å². The van der Waals surface area contributed by atoms with Gasteiger partial charge in [-0.2, -0.15) is 0 Å². The molecule has 6 nitrogen and oxygen atoms in total. The fourth-order valence-corrected chi connectivity index (χ4v) is 1.89. The van der Waals surface area contributed by atoms with Gasteiger partial charge in [-0.25, -0.2) is 0 Å². The molecule has 17 heavy (non-hydrogen) atoms. The van der Waals surface area contributed by atoms with E-state index in [-0.39, 0.29) is 42.5 Å². The van der Waals surface area contributed by atoms with Crippen LogP contribution in [0.5, 0.6) is 0 Å². The quantitative estimate of drug-likeness (QED) is 0.424. The van der Waals surface area contributed by atoms with Crippen molar-refractivity contribution in [3.8, 4) is 0 Å². The number of anilines is 2. The van der Waals surface area contributed by atoms with E-state index in [4.69, 9.17) is 0 Å². The third-order valence-electron chi connectivity index (χ3n) is 2.69. The number of hydrogen-bond acceptors (Lipinski definition) is 6. The molecule has 1 aliphatic rings. The van der Waals surface area contributed by atoms with Gasteiger partial charge in [-0.3, -0.25) is 9.59 Å². The molecular formula is C10H11N2NaO4. The van der Waals surface area contributed by atoms with Crippen molar-refractivity contribution >= 4 is 17.3 Å². The van der Waals surface area contributed by atoms with E-state index in [1.54, 1.807) is 4.90 Å². The maximum atomic E-state index is 11.4. The van der Waals surface area contributed by atoms with E-state index in [0.29, 0.717) is 24.5 Å². The molecule has 1 N–H and O–H groups in total. The van der Waals surface area contributed by atoms with Gasteiger partial charge in [-0.1, -0.05) is 0 Å². The van der Waals surface area contributed by atoms with Crippen molar-refractivity contribution in [2.24, 2.45) is 0 Å². The van der Waals surface area contributed by atoms with Crippen molar-refractivity contribution in [3.05, 3.63) is 20.4 Å². The molecule has 86 valence electrons. The largest absolute Gasteiger partial charge is 1.00 e. The molecule has 0 amide bonds. The zero-order valence-corrected chi connectivity index (χ0v) is 11.6. The Hall–Kier alpha value is -0.850. The number of fused-ring (bicyclic) bond motifs is 1. The van der Waals surface area contributed by atoms with Gasteiger partial charge in [0.15, 0.2) is 0 Å². The van der Waals surface area contributed by atoms with Gasteiger partial charge in [0.25, 0.3) is 10.9 Å². The summed E-state index contributed by atoms with van der Waals surface area (Å²) in [6.45, 7) is 1.42. The second-order valence-electron chi connectivity index (χ2n) is 3.77. The monoisotopic (exact) mass is 246 g/mol. The molecule has 1 aliphatic heterocycles. The predicted molar refractivity (Wildman–Crippen MR) is 56.3 cm³/mol. The van der Waals surface area contributed by atoms with Crippen LogP contribution in [0.1, 0.15) is 12.8 Å². The molecule has 0 fully saturated rings. The molecule has 1 aromatic rings. The van der Waals surface area contributed by atoms with E-state index in [2.05, 4.69) is 5.32 Å². The average Bonchev–Trinajstić information content (AvgIpc) is 2.45. The molecular weight excluding hydrogens is 235 g/mol. The third-order valence-corrected chi connectivity index (χ3v) is 2.69. The van der Waals surface area contributed by atoms with Gasteiger partial charge in [0.1, 0.15) is 11.4 Å². The summed E-state index contributed by atoms with van der Waals surface area (Å²) in [7, 11) is 0. The molecule has 0 radical (unpaired) electrons. The topological polar surface area (TPSA) is 89.5 Å². The molecule has 0 spiro atoms. The second kappa shape index (κ2) is 5.66. The summed E-state index contributed by atoms with van der Waals surface area (Å²) in [4.78, 5) is 34.6. The maximum Gasteiger partial charge on any atom is 1.00 e. The standard InChI is InChI=1S/C10H12N2O4.Na/c13-6(14)2-5-12-4-1-3-11-7-8(12)10(16)9(7)15;/h11H,1-5H2,(H,13,14);/q;+1/p-1. The minimum atomic E-state index is -1.16. The summed E-state index contributed by atoms with van der Waals surface area (Å²) in [5, 5.41) is 13.2. The van der Waals surface area contributed by atoms with Gasteiger partial charge in [0.05, 0.1) is 0 Å².